The van der Waals surface area contributed by atoms with Gasteiger partial charge in [0.1, 0.15) is 0 Å². The Morgan fingerprint density at radius 1 is 1.00 bits per heavy atom. The van der Waals surface area contributed by atoms with Gasteiger partial charge in [-0.2, -0.15) is 0 Å². The van der Waals surface area contributed by atoms with E-state index < -0.39 is 0 Å². The summed E-state index contributed by atoms with van der Waals surface area (Å²) >= 11 is 0. The number of rotatable bonds is 4. The summed E-state index contributed by atoms with van der Waals surface area (Å²) in [6.45, 7) is 6.73. The second-order valence-electron chi connectivity index (χ2n) is 6.32. The first kappa shape index (κ1) is 15.6. The van der Waals surface area contributed by atoms with Crippen LogP contribution in [0, 0.1) is 0 Å². The van der Waals surface area contributed by atoms with Crippen molar-refractivity contribution < 1.29 is 0 Å². The minimum absolute atomic E-state index is 0.257. The normalized spacial score (nSPS) is 18.7. The van der Waals surface area contributed by atoms with E-state index in [0.29, 0.717) is 5.92 Å². The quantitative estimate of drug-likeness (QED) is 0.749. The summed E-state index contributed by atoms with van der Waals surface area (Å²) in [6.07, 6.45) is 5.72. The molecule has 2 aromatic carbocycles. The zero-order valence-electron chi connectivity index (χ0n) is 14.2. The van der Waals surface area contributed by atoms with Gasteiger partial charge in [-0.05, 0) is 36.0 Å². The number of nitrogens with one attached hydrogen (secondary N) is 1. The van der Waals surface area contributed by atoms with Crippen molar-refractivity contribution in [3.8, 4) is 0 Å². The minimum atomic E-state index is 0.257. The van der Waals surface area contributed by atoms with E-state index in [9.17, 15) is 0 Å². The Kier molecular flexibility index (Phi) is 4.66. The van der Waals surface area contributed by atoms with Gasteiger partial charge in [-0.3, -0.25) is 0 Å². The molecule has 0 radical (unpaired) electrons. The monoisotopic (exact) mass is 303 g/mol. The fourth-order valence-corrected chi connectivity index (χ4v) is 3.25. The summed E-state index contributed by atoms with van der Waals surface area (Å²) in [4.78, 5) is 0. The van der Waals surface area contributed by atoms with Crippen LogP contribution in [0.4, 0.5) is 0 Å². The van der Waals surface area contributed by atoms with Crippen molar-refractivity contribution in [2.24, 2.45) is 0 Å². The number of hydrogen-bond donors (Lipinski definition) is 1. The van der Waals surface area contributed by atoms with Crippen molar-refractivity contribution >= 4 is 5.57 Å². The molecule has 1 aliphatic rings. The first-order chi connectivity index (χ1) is 11.2. The van der Waals surface area contributed by atoms with E-state index in [2.05, 4.69) is 92.8 Å². The Morgan fingerprint density at radius 3 is 2.39 bits per heavy atom. The molecule has 0 aromatic heterocycles. The summed E-state index contributed by atoms with van der Waals surface area (Å²) in [5, 5.41) is 3.69. The van der Waals surface area contributed by atoms with Crippen LogP contribution in [0.5, 0.6) is 0 Å². The third-order valence-corrected chi connectivity index (χ3v) is 4.79. The molecule has 1 N–H and O–H groups in total. The van der Waals surface area contributed by atoms with Crippen LogP contribution in [0.2, 0.25) is 0 Å². The van der Waals surface area contributed by atoms with Gasteiger partial charge in [0.2, 0.25) is 0 Å². The molecule has 1 unspecified atom stereocenters. The fourth-order valence-electron chi connectivity index (χ4n) is 3.25. The van der Waals surface area contributed by atoms with Gasteiger partial charge >= 0.3 is 0 Å². The van der Waals surface area contributed by atoms with Crippen molar-refractivity contribution in [2.45, 2.75) is 39.2 Å². The Labute approximate surface area is 139 Å². The molecule has 2 atom stereocenters. The van der Waals surface area contributed by atoms with Crippen molar-refractivity contribution in [3.05, 3.63) is 89.1 Å². The molecule has 0 amide bonds. The summed E-state index contributed by atoms with van der Waals surface area (Å²) in [6, 6.07) is 19.6. The highest BCUT2D eigenvalue weighted by Crippen LogP contribution is 2.32. The average molecular weight is 303 g/mol. The van der Waals surface area contributed by atoms with Crippen LogP contribution >= 0.6 is 0 Å². The Bertz CT molecular complexity index is 725. The average Bonchev–Trinajstić information content (AvgIpc) is 2.61. The van der Waals surface area contributed by atoms with E-state index in [1.807, 2.05) is 0 Å². The topological polar surface area (TPSA) is 12.0 Å². The molecular formula is C22H25N. The van der Waals surface area contributed by atoms with Crippen LogP contribution in [-0.2, 0) is 0 Å². The van der Waals surface area contributed by atoms with Gasteiger partial charge in [0.25, 0.3) is 0 Å². The van der Waals surface area contributed by atoms with Crippen LogP contribution in [0.15, 0.2) is 72.4 Å². The highest BCUT2D eigenvalue weighted by molar-refractivity contribution is 5.77. The van der Waals surface area contributed by atoms with Gasteiger partial charge in [-0.1, -0.05) is 80.6 Å². The molecule has 23 heavy (non-hydrogen) atoms. The van der Waals surface area contributed by atoms with Crippen LogP contribution in [0.1, 0.15) is 55.8 Å². The summed E-state index contributed by atoms with van der Waals surface area (Å²) in [5.74, 6) is 0.584. The van der Waals surface area contributed by atoms with E-state index in [-0.39, 0.29) is 6.04 Å². The van der Waals surface area contributed by atoms with E-state index in [1.165, 1.54) is 28.0 Å². The standard InChI is InChI=1S/C22H25N/c1-4-16(2)19-12-8-9-13-21(19)22-15-14-20(17(3)23-22)18-10-6-5-7-11-18/h5-16,22-23H,4H2,1-3H3/t16-,22?/m1/s1. The van der Waals surface area contributed by atoms with E-state index in [0.717, 1.165) is 6.42 Å². The Hall–Kier alpha value is -2.28. The van der Waals surface area contributed by atoms with Crippen LogP contribution in [0.3, 0.4) is 0 Å². The molecule has 0 bridgehead atoms. The molecular weight excluding hydrogens is 278 g/mol. The predicted molar refractivity (Wildman–Crippen MR) is 99.2 cm³/mol. The number of dihydropyridines is 1. The zero-order chi connectivity index (χ0) is 16.2. The van der Waals surface area contributed by atoms with E-state index >= 15 is 0 Å². The summed E-state index contributed by atoms with van der Waals surface area (Å²) in [5.41, 5.74) is 6.63. The zero-order valence-corrected chi connectivity index (χ0v) is 14.2. The van der Waals surface area contributed by atoms with Crippen molar-refractivity contribution in [1.82, 2.24) is 5.32 Å². The molecule has 1 heteroatoms. The van der Waals surface area contributed by atoms with Crippen LogP contribution in [-0.4, -0.2) is 0 Å². The lowest BCUT2D eigenvalue weighted by Gasteiger charge is -2.27. The molecule has 1 heterocycles. The molecule has 0 spiro atoms. The summed E-state index contributed by atoms with van der Waals surface area (Å²) < 4.78 is 0. The minimum Gasteiger partial charge on any atom is -0.378 e. The molecule has 1 nitrogen and oxygen atoms in total. The molecule has 118 valence electrons. The summed E-state index contributed by atoms with van der Waals surface area (Å²) in [7, 11) is 0. The van der Waals surface area contributed by atoms with Crippen LogP contribution in [0.25, 0.3) is 5.57 Å². The number of allylic oxidation sites excluding steroid dienone is 3. The molecule has 0 aliphatic carbocycles. The fraction of sp³-hybridized carbons (Fsp3) is 0.273. The first-order valence-corrected chi connectivity index (χ1v) is 8.50. The van der Waals surface area contributed by atoms with Gasteiger partial charge in [0, 0.05) is 11.3 Å². The largest absolute Gasteiger partial charge is 0.378 e. The highest BCUT2D eigenvalue weighted by atomic mass is 14.9. The molecule has 0 saturated carbocycles. The van der Waals surface area contributed by atoms with E-state index in [4.69, 9.17) is 0 Å². The van der Waals surface area contributed by atoms with Gasteiger partial charge in [0.15, 0.2) is 0 Å². The molecule has 0 fully saturated rings. The van der Waals surface area contributed by atoms with Crippen LogP contribution < -0.4 is 5.32 Å². The van der Waals surface area contributed by atoms with Gasteiger partial charge < -0.3 is 5.32 Å². The van der Waals surface area contributed by atoms with Crippen molar-refractivity contribution in [2.75, 3.05) is 0 Å². The lowest BCUT2D eigenvalue weighted by atomic mass is 9.88. The van der Waals surface area contributed by atoms with Crippen molar-refractivity contribution in [3.63, 3.8) is 0 Å². The van der Waals surface area contributed by atoms with E-state index in [1.54, 1.807) is 0 Å². The third-order valence-electron chi connectivity index (χ3n) is 4.79. The molecule has 3 rings (SSSR count). The maximum atomic E-state index is 3.69. The van der Waals surface area contributed by atoms with Crippen molar-refractivity contribution in [1.29, 1.82) is 0 Å². The Balaban J connectivity index is 1.90. The first-order valence-electron chi connectivity index (χ1n) is 8.50. The second kappa shape index (κ2) is 6.87. The SMILES string of the molecule is CC[C@@H](C)c1ccccc1C1C=CC(c2ccccc2)=C(C)N1. The highest BCUT2D eigenvalue weighted by Gasteiger charge is 2.19. The lowest BCUT2D eigenvalue weighted by Crippen LogP contribution is -2.22. The maximum absolute atomic E-state index is 3.69. The molecule has 2 aromatic rings. The number of hydrogen-bond acceptors (Lipinski definition) is 1. The number of benzene rings is 2. The maximum Gasteiger partial charge on any atom is 0.0701 e. The molecule has 1 aliphatic heterocycles. The van der Waals surface area contributed by atoms with Gasteiger partial charge in [-0.25, -0.2) is 0 Å². The second-order valence-corrected chi connectivity index (χ2v) is 6.32. The third kappa shape index (κ3) is 3.24. The Morgan fingerprint density at radius 2 is 1.70 bits per heavy atom. The van der Waals surface area contributed by atoms with Gasteiger partial charge in [0.05, 0.1) is 6.04 Å². The predicted octanol–water partition coefficient (Wildman–Crippen LogP) is 5.83. The lowest BCUT2D eigenvalue weighted by molar-refractivity contribution is 0.667. The molecule has 0 saturated heterocycles. The smallest absolute Gasteiger partial charge is 0.0701 e. The van der Waals surface area contributed by atoms with Gasteiger partial charge in [-0.15, -0.1) is 0 Å².